The molecule has 3 aromatic rings. The molecule has 1 heterocycles. The third-order valence-corrected chi connectivity index (χ3v) is 5.68. The number of aryl methyl sites for hydroxylation is 1. The first kappa shape index (κ1) is 20.5. The number of anilines is 1. The van der Waals surface area contributed by atoms with E-state index in [2.05, 4.69) is 5.32 Å². The Bertz CT molecular complexity index is 1090. The van der Waals surface area contributed by atoms with Crippen LogP contribution < -0.4 is 5.32 Å². The Morgan fingerprint density at radius 1 is 1.03 bits per heavy atom. The number of carbonyl (C=O) groups is 3. The third kappa shape index (κ3) is 4.81. The van der Waals surface area contributed by atoms with Crippen molar-refractivity contribution in [2.75, 3.05) is 19.0 Å². The lowest BCUT2D eigenvalue weighted by Crippen LogP contribution is -2.22. The van der Waals surface area contributed by atoms with Crippen LogP contribution in [0.3, 0.4) is 0 Å². The summed E-state index contributed by atoms with van der Waals surface area (Å²) in [6.45, 7) is 3.21. The van der Waals surface area contributed by atoms with Crippen LogP contribution in [0, 0.1) is 13.8 Å². The zero-order chi connectivity index (χ0) is 21.0. The normalized spacial score (nSPS) is 10.6. The van der Waals surface area contributed by atoms with Gasteiger partial charge < -0.3 is 14.8 Å². The van der Waals surface area contributed by atoms with E-state index in [-0.39, 0.29) is 6.42 Å². The molecule has 3 rings (SSSR count). The van der Waals surface area contributed by atoms with Crippen molar-refractivity contribution in [1.29, 1.82) is 0 Å². The fraction of sp³-hybridized carbons (Fsp3) is 0.227. The summed E-state index contributed by atoms with van der Waals surface area (Å²) in [5, 5.41) is 5.15. The summed E-state index contributed by atoms with van der Waals surface area (Å²) < 4.78 is 9.87. The zero-order valence-electron chi connectivity index (χ0n) is 16.4. The lowest BCUT2D eigenvalue weighted by molar-refractivity contribution is -0.146. The minimum absolute atomic E-state index is 0.0722. The average Bonchev–Trinajstić information content (AvgIpc) is 2.99. The van der Waals surface area contributed by atoms with Crippen molar-refractivity contribution in [3.8, 4) is 0 Å². The van der Waals surface area contributed by atoms with Crippen LogP contribution in [0.15, 0.2) is 42.5 Å². The molecule has 0 radical (unpaired) electrons. The molecular formula is C22H21NO5S. The van der Waals surface area contributed by atoms with E-state index < -0.39 is 24.5 Å². The van der Waals surface area contributed by atoms with Gasteiger partial charge in [0.25, 0.3) is 5.91 Å². The number of nitrogens with one attached hydrogen (secondary N) is 1. The average molecular weight is 411 g/mol. The van der Waals surface area contributed by atoms with Gasteiger partial charge in [-0.2, -0.15) is 0 Å². The lowest BCUT2D eigenvalue weighted by atomic mass is 10.1. The maximum Gasteiger partial charge on any atom is 0.341 e. The van der Waals surface area contributed by atoms with Crippen molar-refractivity contribution < 1.29 is 23.9 Å². The van der Waals surface area contributed by atoms with Gasteiger partial charge in [-0.25, -0.2) is 4.79 Å². The van der Waals surface area contributed by atoms with Gasteiger partial charge >= 0.3 is 11.9 Å². The van der Waals surface area contributed by atoms with Gasteiger partial charge in [-0.05, 0) is 35.7 Å². The molecule has 29 heavy (non-hydrogen) atoms. The molecular weight excluding hydrogens is 390 g/mol. The van der Waals surface area contributed by atoms with Crippen LogP contribution in [-0.2, 0) is 25.5 Å². The molecule has 0 atom stereocenters. The van der Waals surface area contributed by atoms with E-state index in [1.54, 1.807) is 6.92 Å². The minimum atomic E-state index is -0.518. The lowest BCUT2D eigenvalue weighted by Gasteiger charge is -2.08. The second-order valence-corrected chi connectivity index (χ2v) is 7.77. The van der Waals surface area contributed by atoms with Crippen molar-refractivity contribution >= 4 is 45.0 Å². The number of rotatable bonds is 6. The standard InChI is InChI=1S/C22H21NO5S/c1-13-14(2)29-21(20(13)22(26)27-3)23-18(24)12-28-19(25)11-15-8-9-16-6-4-5-7-17(16)10-15/h4-10H,11-12H2,1-3H3,(H,23,24). The molecule has 1 amide bonds. The van der Waals surface area contributed by atoms with E-state index in [9.17, 15) is 14.4 Å². The fourth-order valence-corrected chi connectivity index (χ4v) is 4.00. The van der Waals surface area contributed by atoms with Gasteiger partial charge in [0.15, 0.2) is 6.61 Å². The molecule has 0 fully saturated rings. The Morgan fingerprint density at radius 3 is 2.48 bits per heavy atom. The zero-order valence-corrected chi connectivity index (χ0v) is 17.2. The summed E-state index contributed by atoms with van der Waals surface area (Å²) in [6, 6.07) is 13.6. The molecule has 0 spiro atoms. The van der Waals surface area contributed by atoms with E-state index in [0.29, 0.717) is 10.6 Å². The number of hydrogen-bond acceptors (Lipinski definition) is 6. The Hall–Kier alpha value is -3.19. The van der Waals surface area contributed by atoms with Gasteiger partial charge in [-0.3, -0.25) is 9.59 Å². The molecule has 0 aliphatic carbocycles. The van der Waals surface area contributed by atoms with Gasteiger partial charge in [-0.1, -0.05) is 42.5 Å². The van der Waals surface area contributed by atoms with Crippen molar-refractivity contribution in [3.63, 3.8) is 0 Å². The quantitative estimate of drug-likeness (QED) is 0.620. The molecule has 1 N–H and O–H groups in total. The number of methoxy groups -OCH3 is 1. The van der Waals surface area contributed by atoms with Gasteiger partial charge in [0.2, 0.25) is 0 Å². The highest BCUT2D eigenvalue weighted by Crippen LogP contribution is 2.32. The second kappa shape index (κ2) is 8.87. The monoisotopic (exact) mass is 411 g/mol. The molecule has 0 aliphatic rings. The number of benzene rings is 2. The molecule has 0 bridgehead atoms. The number of carbonyl (C=O) groups excluding carboxylic acids is 3. The smallest absolute Gasteiger partial charge is 0.341 e. The first-order valence-corrected chi connectivity index (χ1v) is 9.82. The molecule has 0 saturated carbocycles. The molecule has 0 unspecified atom stereocenters. The number of esters is 2. The topological polar surface area (TPSA) is 81.7 Å². The Balaban J connectivity index is 1.58. The van der Waals surface area contributed by atoms with Crippen LogP contribution in [0.25, 0.3) is 10.8 Å². The van der Waals surface area contributed by atoms with Gasteiger partial charge in [0, 0.05) is 4.88 Å². The minimum Gasteiger partial charge on any atom is -0.465 e. The van der Waals surface area contributed by atoms with E-state index >= 15 is 0 Å². The van der Waals surface area contributed by atoms with E-state index in [4.69, 9.17) is 9.47 Å². The Kier molecular flexibility index (Phi) is 6.29. The summed E-state index contributed by atoms with van der Waals surface area (Å²) in [4.78, 5) is 37.2. The van der Waals surface area contributed by atoms with Gasteiger partial charge in [0.1, 0.15) is 5.00 Å². The number of amides is 1. The first-order valence-electron chi connectivity index (χ1n) is 9.00. The fourth-order valence-electron chi connectivity index (χ4n) is 2.94. The van der Waals surface area contributed by atoms with Crippen LogP contribution in [-0.4, -0.2) is 31.6 Å². The highest BCUT2D eigenvalue weighted by atomic mass is 32.1. The Labute approximate surface area is 172 Å². The number of hydrogen-bond donors (Lipinski definition) is 1. The summed E-state index contributed by atoms with van der Waals surface area (Å²) in [6.07, 6.45) is 0.0722. The molecule has 1 aromatic heterocycles. The van der Waals surface area contributed by atoms with Crippen molar-refractivity contribution in [3.05, 3.63) is 64.0 Å². The molecule has 2 aromatic carbocycles. The predicted molar refractivity (Wildman–Crippen MR) is 112 cm³/mol. The van der Waals surface area contributed by atoms with Gasteiger partial charge in [0.05, 0.1) is 19.1 Å². The summed E-state index contributed by atoms with van der Waals surface area (Å²) in [5.41, 5.74) is 1.89. The van der Waals surface area contributed by atoms with Crippen molar-refractivity contribution in [2.24, 2.45) is 0 Å². The maximum absolute atomic E-state index is 12.2. The maximum atomic E-state index is 12.2. The van der Waals surface area contributed by atoms with Crippen LogP contribution >= 0.6 is 11.3 Å². The van der Waals surface area contributed by atoms with Crippen LogP contribution in [0.5, 0.6) is 0 Å². The second-order valence-electron chi connectivity index (χ2n) is 6.55. The van der Waals surface area contributed by atoms with E-state index in [1.807, 2.05) is 49.4 Å². The van der Waals surface area contributed by atoms with E-state index in [0.717, 1.165) is 26.8 Å². The van der Waals surface area contributed by atoms with E-state index in [1.165, 1.54) is 18.4 Å². The molecule has 0 aliphatic heterocycles. The number of fused-ring (bicyclic) bond motifs is 1. The largest absolute Gasteiger partial charge is 0.465 e. The first-order chi connectivity index (χ1) is 13.9. The molecule has 6 nitrogen and oxygen atoms in total. The van der Waals surface area contributed by atoms with Crippen molar-refractivity contribution in [2.45, 2.75) is 20.3 Å². The highest BCUT2D eigenvalue weighted by molar-refractivity contribution is 7.16. The predicted octanol–water partition coefficient (Wildman–Crippen LogP) is 4.03. The van der Waals surface area contributed by atoms with Crippen molar-refractivity contribution in [1.82, 2.24) is 0 Å². The summed E-state index contributed by atoms with van der Waals surface area (Å²) in [7, 11) is 1.29. The van der Waals surface area contributed by atoms with Crippen LogP contribution in [0.2, 0.25) is 0 Å². The molecule has 0 saturated heterocycles. The molecule has 7 heteroatoms. The van der Waals surface area contributed by atoms with Crippen LogP contribution in [0.1, 0.15) is 26.4 Å². The SMILES string of the molecule is COC(=O)c1c(NC(=O)COC(=O)Cc2ccc3ccccc3c2)sc(C)c1C. The summed E-state index contributed by atoms with van der Waals surface area (Å²) in [5.74, 6) is -1.53. The summed E-state index contributed by atoms with van der Waals surface area (Å²) >= 11 is 1.28. The van der Waals surface area contributed by atoms with Crippen LogP contribution in [0.4, 0.5) is 5.00 Å². The molecule has 150 valence electrons. The van der Waals surface area contributed by atoms with Gasteiger partial charge in [-0.15, -0.1) is 11.3 Å². The highest BCUT2D eigenvalue weighted by Gasteiger charge is 2.22. The third-order valence-electron chi connectivity index (χ3n) is 4.55. The number of thiophene rings is 1. The Morgan fingerprint density at radius 2 is 1.76 bits per heavy atom. The number of ether oxygens (including phenoxy) is 2.